The van der Waals surface area contributed by atoms with Crippen molar-refractivity contribution in [1.29, 1.82) is 0 Å². The molecule has 4 aromatic rings. The van der Waals surface area contributed by atoms with Crippen LogP contribution in [0.4, 0.5) is 5.82 Å². The van der Waals surface area contributed by atoms with Gasteiger partial charge in [-0.15, -0.1) is 0 Å². The molecule has 3 amide bonds. The Kier molecular flexibility index (Phi) is 17.6. The van der Waals surface area contributed by atoms with Crippen molar-refractivity contribution in [3.63, 3.8) is 0 Å². The lowest BCUT2D eigenvalue weighted by Crippen LogP contribution is -2.46. The standard InChI is InChI=1S/C34H50N9O17P3S/c1-34(2,29(47)32(48)38-11-8-24(44)37-12-14-64-13-9-25(45)36-10-7-20-15-39-22-6-4-3-5-21(20)22)17-57-63(54,55)60-62(52,53)56-16-23-28(59-61(49,50)51)27(46)33(58-23)43-19-42-26-30(35)40-18-41-31(26)43/h3-6,15,18-19,23,27-29,33,39,46-47H,7-14,16-17H2,1-2H3,(H,36,45)(H,37,44)(H,38,48)(H,52,53)(H,54,55)(H2,35,40,41)(H2,49,50,51). The van der Waals surface area contributed by atoms with Crippen LogP contribution >= 0.6 is 35.2 Å². The molecule has 1 aromatic carbocycles. The number of hydrogen-bond donors (Lipinski definition) is 11. The number of rotatable bonds is 25. The molecule has 354 valence electrons. The Hall–Kier alpha value is -3.88. The van der Waals surface area contributed by atoms with Crippen LogP contribution in [0.25, 0.3) is 22.1 Å². The number of aliphatic hydroxyl groups excluding tert-OH is 2. The number of fused-ring (bicyclic) bond motifs is 2. The van der Waals surface area contributed by atoms with Gasteiger partial charge in [-0.25, -0.2) is 28.6 Å². The molecule has 0 bridgehead atoms. The minimum atomic E-state index is -5.58. The zero-order chi connectivity index (χ0) is 46.9. The van der Waals surface area contributed by atoms with Crippen LogP contribution in [0.3, 0.4) is 0 Å². The number of aromatic amines is 1. The van der Waals surface area contributed by atoms with Crippen LogP contribution in [0.1, 0.15) is 38.5 Å². The van der Waals surface area contributed by atoms with E-state index in [2.05, 4.69) is 44.7 Å². The number of nitrogens with two attached hydrogens (primary N) is 1. The van der Waals surface area contributed by atoms with Gasteiger partial charge in [0, 0.05) is 66.5 Å². The largest absolute Gasteiger partial charge is 0.481 e. The summed E-state index contributed by atoms with van der Waals surface area (Å²) in [6, 6.07) is 7.93. The first-order valence-corrected chi connectivity index (χ1v) is 25.0. The van der Waals surface area contributed by atoms with Gasteiger partial charge >= 0.3 is 23.5 Å². The Morgan fingerprint density at radius 3 is 2.42 bits per heavy atom. The van der Waals surface area contributed by atoms with Gasteiger partial charge in [-0.05, 0) is 18.1 Å². The Bertz CT molecular complexity index is 2400. The van der Waals surface area contributed by atoms with E-state index >= 15 is 0 Å². The maximum Gasteiger partial charge on any atom is 0.481 e. The van der Waals surface area contributed by atoms with Gasteiger partial charge in [0.2, 0.25) is 17.7 Å². The first-order chi connectivity index (χ1) is 30.1. The van der Waals surface area contributed by atoms with E-state index in [1.165, 1.54) is 25.6 Å². The second kappa shape index (κ2) is 22.1. The molecule has 1 aliphatic heterocycles. The van der Waals surface area contributed by atoms with E-state index < -0.39 is 84.6 Å². The fourth-order valence-corrected chi connectivity index (χ4v) is 9.84. The number of hydrogen-bond acceptors (Lipinski definition) is 18. The number of amides is 3. The Labute approximate surface area is 368 Å². The SMILES string of the molecule is CC(C)(COP(=O)(O)OP(=O)(O)OCC1OC(n2cnc3c(N)ncnc32)C(O)C1OP(=O)(O)O)C(O)C(=O)NCCC(=O)NCCSCCC(=O)NCCc1c[nH]c2ccccc12. The number of carbonyl (C=O) groups is 3. The molecule has 0 saturated carbocycles. The highest BCUT2D eigenvalue weighted by atomic mass is 32.2. The number of anilines is 1. The molecule has 5 rings (SSSR count). The fraction of sp³-hybridized carbons (Fsp3) is 0.529. The highest BCUT2D eigenvalue weighted by Crippen LogP contribution is 2.61. The third-order valence-electron chi connectivity index (χ3n) is 9.51. The Balaban J connectivity index is 0.973. The monoisotopic (exact) mass is 981 g/mol. The predicted octanol–water partition coefficient (Wildman–Crippen LogP) is 0.368. The molecule has 0 radical (unpaired) electrons. The summed E-state index contributed by atoms with van der Waals surface area (Å²) in [5.74, 6) is -0.391. The summed E-state index contributed by atoms with van der Waals surface area (Å²) in [5.41, 5.74) is 6.44. The molecule has 1 fully saturated rings. The second-order valence-electron chi connectivity index (χ2n) is 14.9. The normalized spacial score (nSPS) is 20.4. The minimum Gasteiger partial charge on any atom is -0.386 e. The highest BCUT2D eigenvalue weighted by Gasteiger charge is 2.50. The van der Waals surface area contributed by atoms with Gasteiger partial charge in [-0.3, -0.25) is 32.5 Å². The molecule has 7 unspecified atom stereocenters. The summed E-state index contributed by atoms with van der Waals surface area (Å²) < 4.78 is 62.4. The zero-order valence-electron chi connectivity index (χ0n) is 34.3. The number of nitrogen functional groups attached to an aromatic ring is 1. The summed E-state index contributed by atoms with van der Waals surface area (Å²) in [6.45, 7) is 1.14. The number of imidazole rings is 1. The number of para-hydroxylation sites is 1. The first-order valence-electron chi connectivity index (χ1n) is 19.3. The van der Waals surface area contributed by atoms with Crippen LogP contribution in [0.2, 0.25) is 0 Å². The number of H-pyrrole nitrogens is 1. The van der Waals surface area contributed by atoms with Crippen molar-refractivity contribution in [3.8, 4) is 0 Å². The van der Waals surface area contributed by atoms with Crippen LogP contribution in [0, 0.1) is 5.41 Å². The first kappa shape index (κ1) is 51.1. The van der Waals surface area contributed by atoms with Crippen molar-refractivity contribution in [2.45, 2.75) is 63.8 Å². The zero-order valence-corrected chi connectivity index (χ0v) is 37.8. The molecule has 26 nitrogen and oxygen atoms in total. The van der Waals surface area contributed by atoms with E-state index in [0.29, 0.717) is 37.4 Å². The van der Waals surface area contributed by atoms with Crippen molar-refractivity contribution in [1.82, 2.24) is 40.5 Å². The topological polar surface area (TPSA) is 391 Å². The maximum atomic E-state index is 12.7. The molecule has 0 spiro atoms. The number of aromatic nitrogens is 5. The molecule has 30 heteroatoms. The molecule has 64 heavy (non-hydrogen) atoms. The number of nitrogens with one attached hydrogen (secondary N) is 4. The summed E-state index contributed by atoms with van der Waals surface area (Å²) in [7, 11) is -16.4. The van der Waals surface area contributed by atoms with Crippen LogP contribution in [-0.4, -0.2) is 141 Å². The molecule has 1 aliphatic rings. The number of benzene rings is 1. The smallest absolute Gasteiger partial charge is 0.386 e. The number of ether oxygens (including phenoxy) is 1. The number of phosphoric acid groups is 3. The van der Waals surface area contributed by atoms with Gasteiger partial charge in [0.25, 0.3) is 0 Å². The lowest BCUT2D eigenvalue weighted by Gasteiger charge is -2.30. The number of nitrogens with zero attached hydrogens (tertiary/aromatic N) is 4. The van der Waals surface area contributed by atoms with E-state index in [1.807, 2.05) is 30.5 Å². The lowest BCUT2D eigenvalue weighted by molar-refractivity contribution is -0.137. The molecule has 0 aliphatic carbocycles. The van der Waals surface area contributed by atoms with Crippen LogP contribution in [0.5, 0.6) is 0 Å². The molecular weight excluding hydrogens is 931 g/mol. The van der Waals surface area contributed by atoms with Crippen LogP contribution in [-0.2, 0) is 57.1 Å². The predicted molar refractivity (Wildman–Crippen MR) is 227 cm³/mol. The van der Waals surface area contributed by atoms with Crippen LogP contribution < -0.4 is 21.7 Å². The third-order valence-corrected chi connectivity index (χ3v) is 13.6. The molecule has 7 atom stereocenters. The highest BCUT2D eigenvalue weighted by molar-refractivity contribution is 7.99. The van der Waals surface area contributed by atoms with Gasteiger partial charge in [0.05, 0.1) is 19.5 Å². The van der Waals surface area contributed by atoms with E-state index in [9.17, 15) is 57.9 Å². The molecule has 12 N–H and O–H groups in total. The number of aliphatic hydroxyl groups is 2. The lowest BCUT2D eigenvalue weighted by atomic mass is 9.87. The van der Waals surface area contributed by atoms with E-state index in [0.717, 1.165) is 33.7 Å². The third kappa shape index (κ3) is 14.6. The van der Waals surface area contributed by atoms with Gasteiger partial charge in [0.15, 0.2) is 17.7 Å². The number of carbonyl (C=O) groups excluding carboxylic acids is 3. The molecular formula is C34H50N9O17P3S. The molecule has 4 heterocycles. The van der Waals surface area contributed by atoms with Gasteiger partial charge in [-0.1, -0.05) is 32.0 Å². The van der Waals surface area contributed by atoms with E-state index in [-0.39, 0.29) is 35.9 Å². The summed E-state index contributed by atoms with van der Waals surface area (Å²) in [5, 5.41) is 30.6. The number of thioether (sulfide) groups is 1. The Morgan fingerprint density at radius 1 is 0.969 bits per heavy atom. The van der Waals surface area contributed by atoms with Gasteiger partial charge < -0.3 is 61.2 Å². The molecule has 3 aromatic heterocycles. The molecule has 1 saturated heterocycles. The number of phosphoric ester groups is 3. The van der Waals surface area contributed by atoms with Crippen molar-refractivity contribution < 1.29 is 80.5 Å². The maximum absolute atomic E-state index is 12.7. The van der Waals surface area contributed by atoms with Crippen LogP contribution in [0.15, 0.2) is 43.1 Å². The summed E-state index contributed by atoms with van der Waals surface area (Å²) >= 11 is 1.48. The quantitative estimate of drug-likeness (QED) is 0.0315. The van der Waals surface area contributed by atoms with Crippen molar-refractivity contribution in [2.75, 3.05) is 50.1 Å². The fourth-order valence-electron chi connectivity index (χ4n) is 6.23. The van der Waals surface area contributed by atoms with E-state index in [1.54, 1.807) is 0 Å². The van der Waals surface area contributed by atoms with Gasteiger partial charge in [0.1, 0.15) is 36.3 Å². The van der Waals surface area contributed by atoms with Crippen molar-refractivity contribution in [3.05, 3.63) is 48.7 Å². The average molecular weight is 982 g/mol. The summed E-state index contributed by atoms with van der Waals surface area (Å²) in [4.78, 5) is 91.5. The van der Waals surface area contributed by atoms with Crippen molar-refractivity contribution >= 4 is 80.8 Å². The minimum absolute atomic E-state index is 0.0302. The summed E-state index contributed by atoms with van der Waals surface area (Å²) in [6.07, 6.45) is -3.95. The second-order valence-corrected chi connectivity index (χ2v) is 20.4. The Morgan fingerprint density at radius 2 is 1.67 bits per heavy atom. The van der Waals surface area contributed by atoms with Crippen molar-refractivity contribution in [2.24, 2.45) is 5.41 Å². The van der Waals surface area contributed by atoms with Gasteiger partial charge in [-0.2, -0.15) is 16.1 Å². The average Bonchev–Trinajstić information content (AvgIpc) is 3.92. The van der Waals surface area contributed by atoms with E-state index in [4.69, 9.17) is 19.5 Å².